The largest absolute Gasteiger partial charge is 0.268 e. The van der Waals surface area contributed by atoms with Crippen LogP contribution >= 0.6 is 0 Å². The summed E-state index contributed by atoms with van der Waals surface area (Å²) in [5.74, 6) is 6.72. The van der Waals surface area contributed by atoms with Crippen molar-refractivity contribution in [2.75, 3.05) is 0 Å². The molecule has 0 fully saturated rings. The van der Waals surface area contributed by atoms with Gasteiger partial charge in [0.25, 0.3) is 0 Å². The lowest BCUT2D eigenvalue weighted by atomic mass is 9.73. The average Bonchev–Trinajstić information content (AvgIpc) is 3.09. The summed E-state index contributed by atoms with van der Waals surface area (Å²) in [4.78, 5) is 0. The molecule has 0 bridgehead atoms. The highest BCUT2D eigenvalue weighted by atomic mass is 15.4. The molecule has 1 atom stereocenters. The highest BCUT2D eigenvalue weighted by molar-refractivity contribution is 5.66. The predicted molar refractivity (Wildman–Crippen MR) is 105 cm³/mol. The Morgan fingerprint density at radius 2 is 1.71 bits per heavy atom. The molecule has 1 aliphatic rings. The molecule has 1 aliphatic carbocycles. The molecule has 0 saturated heterocycles. The van der Waals surface area contributed by atoms with Crippen LogP contribution in [0.2, 0.25) is 0 Å². The number of nitrogens with two attached hydrogens (primary N) is 1. The Labute approximate surface area is 147 Å². The zero-order chi connectivity index (χ0) is 17.7. The minimum Gasteiger partial charge on any atom is -0.268 e. The van der Waals surface area contributed by atoms with Gasteiger partial charge in [0.05, 0.1) is 0 Å². The zero-order valence-corrected chi connectivity index (χ0v) is 15.7. The number of hydrazine groups is 1. The van der Waals surface area contributed by atoms with Crippen molar-refractivity contribution in [1.82, 2.24) is 5.01 Å². The molecule has 0 radical (unpaired) electrons. The van der Waals surface area contributed by atoms with E-state index in [9.17, 15) is 0 Å². The van der Waals surface area contributed by atoms with Gasteiger partial charge < -0.3 is 0 Å². The van der Waals surface area contributed by atoms with Crippen LogP contribution in [-0.4, -0.2) is 17.1 Å². The highest BCUT2D eigenvalue weighted by Gasteiger charge is 2.28. The van der Waals surface area contributed by atoms with Gasteiger partial charge in [0.1, 0.15) is 0 Å². The molecule has 2 rings (SSSR count). The summed E-state index contributed by atoms with van der Waals surface area (Å²) in [7, 11) is 0. The van der Waals surface area contributed by atoms with Gasteiger partial charge in [0.15, 0.2) is 0 Å². The molecule has 2 heteroatoms. The molecule has 24 heavy (non-hydrogen) atoms. The predicted octanol–water partition coefficient (Wildman–Crippen LogP) is 5.20. The van der Waals surface area contributed by atoms with Crippen molar-refractivity contribution in [2.24, 2.45) is 17.2 Å². The summed E-state index contributed by atoms with van der Waals surface area (Å²) >= 11 is 0. The van der Waals surface area contributed by atoms with Crippen LogP contribution in [0, 0.1) is 11.3 Å². The number of nitrogens with zero attached hydrogens (tertiary/aromatic N) is 1. The lowest BCUT2D eigenvalue weighted by molar-refractivity contribution is 0.196. The Morgan fingerprint density at radius 3 is 2.25 bits per heavy atom. The third-order valence-electron chi connectivity index (χ3n) is 4.95. The van der Waals surface area contributed by atoms with Gasteiger partial charge in [-0.15, -0.1) is 0 Å². The Balaban J connectivity index is 2.30. The summed E-state index contributed by atoms with van der Waals surface area (Å²) < 4.78 is 0. The maximum absolute atomic E-state index is 6.24. The van der Waals surface area contributed by atoms with Crippen molar-refractivity contribution >= 4 is 5.57 Å². The summed E-state index contributed by atoms with van der Waals surface area (Å²) in [6.07, 6.45) is 12.3. The highest BCUT2D eigenvalue weighted by Crippen LogP contribution is 2.40. The lowest BCUT2D eigenvalue weighted by Gasteiger charge is -2.32. The summed E-state index contributed by atoms with van der Waals surface area (Å²) in [5.41, 5.74) is 2.83. The topological polar surface area (TPSA) is 29.3 Å². The van der Waals surface area contributed by atoms with Gasteiger partial charge in [-0.1, -0.05) is 74.6 Å². The molecule has 0 spiro atoms. The Hall–Kier alpha value is -1.64. The molecule has 0 heterocycles. The maximum atomic E-state index is 6.24. The fourth-order valence-electron chi connectivity index (χ4n) is 3.32. The summed E-state index contributed by atoms with van der Waals surface area (Å²) in [6, 6.07) is 11.2. The van der Waals surface area contributed by atoms with E-state index in [0.717, 1.165) is 6.42 Å². The smallest absolute Gasteiger partial charge is 0.0401 e. The second-order valence-corrected chi connectivity index (χ2v) is 7.80. The maximum Gasteiger partial charge on any atom is 0.0401 e. The van der Waals surface area contributed by atoms with Crippen molar-refractivity contribution < 1.29 is 0 Å². The first-order valence-electron chi connectivity index (χ1n) is 8.95. The summed E-state index contributed by atoms with van der Waals surface area (Å²) in [5, 5.41) is 1.92. The zero-order valence-electron chi connectivity index (χ0n) is 15.7. The molecule has 1 aromatic carbocycles. The molecule has 2 N–H and O–H groups in total. The third-order valence-corrected chi connectivity index (χ3v) is 4.95. The van der Waals surface area contributed by atoms with Crippen LogP contribution < -0.4 is 5.84 Å². The van der Waals surface area contributed by atoms with Crippen LogP contribution in [0.15, 0.2) is 60.7 Å². The van der Waals surface area contributed by atoms with E-state index in [1.165, 1.54) is 11.1 Å². The molecule has 1 unspecified atom stereocenters. The number of hydrogen-bond donors (Lipinski definition) is 1. The van der Waals surface area contributed by atoms with Crippen molar-refractivity contribution in [3.63, 3.8) is 0 Å². The van der Waals surface area contributed by atoms with Gasteiger partial charge in [-0.25, -0.2) is 5.01 Å². The Morgan fingerprint density at radius 1 is 1.12 bits per heavy atom. The molecule has 0 aromatic heterocycles. The molecule has 2 nitrogen and oxygen atoms in total. The van der Waals surface area contributed by atoms with E-state index in [-0.39, 0.29) is 11.5 Å². The van der Waals surface area contributed by atoms with Crippen molar-refractivity contribution in [3.05, 3.63) is 66.3 Å². The van der Waals surface area contributed by atoms with Crippen LogP contribution in [-0.2, 0) is 0 Å². The van der Waals surface area contributed by atoms with E-state index in [0.29, 0.717) is 12.0 Å². The van der Waals surface area contributed by atoms with Gasteiger partial charge in [-0.2, -0.15) is 0 Å². The van der Waals surface area contributed by atoms with Gasteiger partial charge >= 0.3 is 0 Å². The van der Waals surface area contributed by atoms with Crippen LogP contribution in [0.3, 0.4) is 0 Å². The molecule has 0 saturated carbocycles. The monoisotopic (exact) mass is 324 g/mol. The first kappa shape index (κ1) is 18.7. The summed E-state index contributed by atoms with van der Waals surface area (Å²) in [6.45, 7) is 11.1. The van der Waals surface area contributed by atoms with Gasteiger partial charge in [0, 0.05) is 18.0 Å². The fourth-order valence-corrected chi connectivity index (χ4v) is 3.32. The molecule has 130 valence electrons. The van der Waals surface area contributed by atoms with E-state index in [2.05, 4.69) is 95.3 Å². The van der Waals surface area contributed by atoms with Crippen LogP contribution in [0.25, 0.3) is 5.57 Å². The number of benzene rings is 1. The standard InChI is InChI=1S/C22H32N2/c1-17(2)24(23)18(3)15-20(19-11-7-6-8-12-19)16-22(4,5)21-13-9-10-14-21/h6-15,17-18,21H,16,23H2,1-5H3. The van der Waals surface area contributed by atoms with Crippen molar-refractivity contribution in [1.29, 1.82) is 0 Å². The minimum absolute atomic E-state index is 0.169. The normalized spacial score (nSPS) is 17.2. The Kier molecular flexibility index (Phi) is 6.20. The number of rotatable bonds is 7. The second-order valence-electron chi connectivity index (χ2n) is 7.80. The third kappa shape index (κ3) is 4.68. The second kappa shape index (κ2) is 7.96. The van der Waals surface area contributed by atoms with Crippen LogP contribution in [0.1, 0.15) is 46.6 Å². The number of allylic oxidation sites excluding steroid dienone is 5. The van der Waals surface area contributed by atoms with Crippen molar-refractivity contribution in [2.45, 2.75) is 53.1 Å². The molecular formula is C22H32N2. The van der Waals surface area contributed by atoms with Crippen LogP contribution in [0.4, 0.5) is 0 Å². The van der Waals surface area contributed by atoms with E-state index in [1.807, 2.05) is 5.01 Å². The van der Waals surface area contributed by atoms with E-state index >= 15 is 0 Å². The van der Waals surface area contributed by atoms with E-state index in [4.69, 9.17) is 5.84 Å². The van der Waals surface area contributed by atoms with Crippen molar-refractivity contribution in [3.8, 4) is 0 Å². The lowest BCUT2D eigenvalue weighted by Crippen LogP contribution is -2.43. The van der Waals surface area contributed by atoms with Crippen LogP contribution in [0.5, 0.6) is 0 Å². The first-order valence-corrected chi connectivity index (χ1v) is 8.95. The van der Waals surface area contributed by atoms with Gasteiger partial charge in [0.2, 0.25) is 0 Å². The minimum atomic E-state index is 0.169. The first-order chi connectivity index (χ1) is 11.3. The molecule has 1 aromatic rings. The quantitative estimate of drug-likeness (QED) is 0.551. The molecule has 0 aliphatic heterocycles. The fraction of sp³-hybridized carbons (Fsp3) is 0.455. The number of hydrogen-bond acceptors (Lipinski definition) is 2. The SMILES string of the molecule is CC(C)N(N)C(C)C=C(CC(C)(C)C1C=CC=C1)c1ccccc1. The Bertz CT molecular complexity index is 596. The molecule has 0 amide bonds. The van der Waals surface area contributed by atoms with Gasteiger partial charge in [-0.05, 0) is 43.7 Å². The average molecular weight is 325 g/mol. The molecular weight excluding hydrogens is 292 g/mol. The van der Waals surface area contributed by atoms with Gasteiger partial charge in [-0.3, -0.25) is 5.84 Å². The van der Waals surface area contributed by atoms with E-state index in [1.54, 1.807) is 0 Å². The van der Waals surface area contributed by atoms with E-state index < -0.39 is 0 Å².